The zero-order chi connectivity index (χ0) is 13.8. The van der Waals surface area contributed by atoms with Crippen LogP contribution >= 0.6 is 11.3 Å². The van der Waals surface area contributed by atoms with Crippen LogP contribution in [0.4, 0.5) is 0 Å². The van der Waals surface area contributed by atoms with E-state index in [0.717, 1.165) is 10.7 Å². The number of thiazole rings is 1. The van der Waals surface area contributed by atoms with Crippen LogP contribution in [0.1, 0.15) is 30.0 Å². The van der Waals surface area contributed by atoms with E-state index in [0.29, 0.717) is 25.8 Å². The fraction of sp³-hybridized carbons (Fsp3) is 0.583. The summed E-state index contributed by atoms with van der Waals surface area (Å²) in [4.78, 5) is 28.1. The van der Waals surface area contributed by atoms with Gasteiger partial charge in [0.15, 0.2) is 0 Å². The van der Waals surface area contributed by atoms with Crippen molar-refractivity contribution < 1.29 is 19.8 Å². The van der Waals surface area contributed by atoms with E-state index in [1.807, 2.05) is 5.38 Å². The standard InChI is InChI=1S/C12H16N2O4S/c15-6-9-2-3-11(16)14(9)5-10-13-8(7-19-10)1-4-12(17)18/h7,9,15H,1-6H2,(H,17,18)/t9-/m1/s1. The molecule has 0 saturated carbocycles. The maximum absolute atomic E-state index is 11.7. The minimum Gasteiger partial charge on any atom is -0.481 e. The van der Waals surface area contributed by atoms with Crippen molar-refractivity contribution in [3.8, 4) is 0 Å². The number of hydrogen-bond donors (Lipinski definition) is 2. The minimum atomic E-state index is -0.843. The summed E-state index contributed by atoms with van der Waals surface area (Å²) in [5.74, 6) is -0.800. The molecular formula is C12H16N2O4S. The summed E-state index contributed by atoms with van der Waals surface area (Å²) in [5.41, 5.74) is 0.745. The number of aromatic nitrogens is 1. The first kappa shape index (κ1) is 14.0. The lowest BCUT2D eigenvalue weighted by Crippen LogP contribution is -2.34. The number of aliphatic hydroxyl groups excluding tert-OH is 1. The van der Waals surface area contributed by atoms with Crippen LogP contribution in [0.15, 0.2) is 5.38 Å². The number of carbonyl (C=O) groups is 2. The van der Waals surface area contributed by atoms with Crippen molar-refractivity contribution in [1.82, 2.24) is 9.88 Å². The van der Waals surface area contributed by atoms with Gasteiger partial charge in [-0.1, -0.05) is 0 Å². The Labute approximate surface area is 114 Å². The van der Waals surface area contributed by atoms with E-state index in [1.54, 1.807) is 4.90 Å². The number of nitrogens with zero attached hydrogens (tertiary/aromatic N) is 2. The maximum Gasteiger partial charge on any atom is 0.303 e. The Bertz CT molecular complexity index is 474. The van der Waals surface area contributed by atoms with E-state index >= 15 is 0 Å². The number of amides is 1. The molecule has 104 valence electrons. The number of likely N-dealkylation sites (tertiary alicyclic amines) is 1. The number of aliphatic hydroxyl groups is 1. The number of aryl methyl sites for hydroxylation is 1. The maximum atomic E-state index is 11.7. The molecule has 2 N–H and O–H groups in total. The van der Waals surface area contributed by atoms with Crippen molar-refractivity contribution >= 4 is 23.2 Å². The van der Waals surface area contributed by atoms with Crippen molar-refractivity contribution in [2.75, 3.05) is 6.61 Å². The third-order valence-corrected chi connectivity index (χ3v) is 4.05. The Balaban J connectivity index is 1.95. The SMILES string of the molecule is O=C(O)CCc1csc(CN2C(=O)CC[C@@H]2CO)n1. The number of carboxylic acid groups (broad SMARTS) is 1. The third kappa shape index (κ3) is 3.51. The summed E-state index contributed by atoms with van der Waals surface area (Å²) in [6, 6.07) is -0.112. The van der Waals surface area contributed by atoms with E-state index in [2.05, 4.69) is 4.98 Å². The van der Waals surface area contributed by atoms with Gasteiger partial charge in [-0.05, 0) is 6.42 Å². The molecule has 1 fully saturated rings. The van der Waals surface area contributed by atoms with Gasteiger partial charge in [-0.25, -0.2) is 4.98 Å². The van der Waals surface area contributed by atoms with Crippen molar-refractivity contribution in [1.29, 1.82) is 0 Å². The van der Waals surface area contributed by atoms with Crippen LogP contribution in [-0.2, 0) is 22.6 Å². The van der Waals surface area contributed by atoms with E-state index in [-0.39, 0.29) is 25.0 Å². The lowest BCUT2D eigenvalue weighted by Gasteiger charge is -2.21. The lowest BCUT2D eigenvalue weighted by atomic mass is 10.2. The summed E-state index contributed by atoms with van der Waals surface area (Å²) in [6.07, 6.45) is 1.63. The van der Waals surface area contributed by atoms with E-state index < -0.39 is 5.97 Å². The molecule has 1 aliphatic heterocycles. The molecule has 0 aliphatic carbocycles. The van der Waals surface area contributed by atoms with Gasteiger partial charge in [-0.3, -0.25) is 9.59 Å². The molecule has 1 amide bonds. The van der Waals surface area contributed by atoms with Crippen LogP contribution in [-0.4, -0.2) is 44.6 Å². The molecule has 1 aromatic heterocycles. The van der Waals surface area contributed by atoms with E-state index in [1.165, 1.54) is 11.3 Å². The van der Waals surface area contributed by atoms with Gasteiger partial charge in [0, 0.05) is 18.2 Å². The number of hydrogen-bond acceptors (Lipinski definition) is 5. The zero-order valence-corrected chi connectivity index (χ0v) is 11.2. The molecule has 6 nitrogen and oxygen atoms in total. The Morgan fingerprint density at radius 2 is 2.37 bits per heavy atom. The van der Waals surface area contributed by atoms with Crippen molar-refractivity contribution in [3.05, 3.63) is 16.1 Å². The van der Waals surface area contributed by atoms with Gasteiger partial charge in [0.1, 0.15) is 5.01 Å². The van der Waals surface area contributed by atoms with E-state index in [9.17, 15) is 14.7 Å². The van der Waals surface area contributed by atoms with Crippen molar-refractivity contribution in [2.24, 2.45) is 0 Å². The zero-order valence-electron chi connectivity index (χ0n) is 10.4. The van der Waals surface area contributed by atoms with Crippen LogP contribution in [0.5, 0.6) is 0 Å². The molecule has 1 aliphatic rings. The summed E-state index contributed by atoms with van der Waals surface area (Å²) < 4.78 is 0. The number of carbonyl (C=O) groups excluding carboxylic acids is 1. The van der Waals surface area contributed by atoms with Gasteiger partial charge in [-0.2, -0.15) is 0 Å². The molecule has 2 rings (SSSR count). The molecule has 7 heteroatoms. The van der Waals surface area contributed by atoms with Crippen LogP contribution < -0.4 is 0 Å². The van der Waals surface area contributed by atoms with Gasteiger partial charge in [0.25, 0.3) is 0 Å². The quantitative estimate of drug-likeness (QED) is 0.800. The predicted octanol–water partition coefficient (Wildman–Crippen LogP) is 0.644. The van der Waals surface area contributed by atoms with Gasteiger partial charge < -0.3 is 15.1 Å². The first-order valence-corrected chi connectivity index (χ1v) is 7.03. The molecule has 0 unspecified atom stereocenters. The predicted molar refractivity (Wildman–Crippen MR) is 68.7 cm³/mol. The highest BCUT2D eigenvalue weighted by molar-refractivity contribution is 7.09. The Morgan fingerprint density at radius 3 is 3.05 bits per heavy atom. The van der Waals surface area contributed by atoms with Crippen LogP contribution in [0.25, 0.3) is 0 Å². The Kier molecular flexibility index (Phi) is 4.49. The first-order chi connectivity index (χ1) is 9.10. The molecule has 0 aromatic carbocycles. The highest BCUT2D eigenvalue weighted by atomic mass is 32.1. The average molecular weight is 284 g/mol. The highest BCUT2D eigenvalue weighted by Gasteiger charge is 2.30. The summed E-state index contributed by atoms with van der Waals surface area (Å²) in [5, 5.41) is 20.4. The van der Waals surface area contributed by atoms with Gasteiger partial charge >= 0.3 is 5.97 Å². The first-order valence-electron chi connectivity index (χ1n) is 6.15. The fourth-order valence-corrected chi connectivity index (χ4v) is 2.94. The fourth-order valence-electron chi connectivity index (χ4n) is 2.12. The van der Waals surface area contributed by atoms with Crippen molar-refractivity contribution in [2.45, 2.75) is 38.3 Å². The summed E-state index contributed by atoms with van der Waals surface area (Å²) in [6.45, 7) is 0.380. The summed E-state index contributed by atoms with van der Waals surface area (Å²) in [7, 11) is 0. The van der Waals surface area contributed by atoms with Crippen LogP contribution in [0.2, 0.25) is 0 Å². The average Bonchev–Trinajstić information content (AvgIpc) is 2.96. The topological polar surface area (TPSA) is 90.7 Å². The smallest absolute Gasteiger partial charge is 0.303 e. The third-order valence-electron chi connectivity index (χ3n) is 3.16. The van der Waals surface area contributed by atoms with Gasteiger partial charge in [0.2, 0.25) is 5.91 Å². The molecule has 19 heavy (non-hydrogen) atoms. The van der Waals surface area contributed by atoms with Gasteiger partial charge in [0.05, 0.1) is 31.3 Å². The van der Waals surface area contributed by atoms with Gasteiger partial charge in [-0.15, -0.1) is 11.3 Å². The number of carboxylic acids is 1. The molecule has 1 saturated heterocycles. The number of aliphatic carboxylic acids is 1. The highest BCUT2D eigenvalue weighted by Crippen LogP contribution is 2.22. The van der Waals surface area contributed by atoms with Crippen LogP contribution in [0, 0.1) is 0 Å². The normalized spacial score (nSPS) is 19.1. The monoisotopic (exact) mass is 284 g/mol. The largest absolute Gasteiger partial charge is 0.481 e. The van der Waals surface area contributed by atoms with Crippen molar-refractivity contribution in [3.63, 3.8) is 0 Å². The Morgan fingerprint density at radius 1 is 1.58 bits per heavy atom. The second-order valence-electron chi connectivity index (χ2n) is 4.52. The summed E-state index contributed by atoms with van der Waals surface area (Å²) >= 11 is 1.42. The molecule has 0 bridgehead atoms. The molecule has 1 atom stereocenters. The molecule has 2 heterocycles. The molecule has 0 spiro atoms. The second kappa shape index (κ2) is 6.12. The number of rotatable bonds is 6. The minimum absolute atomic E-state index is 0.0248. The van der Waals surface area contributed by atoms with Crippen LogP contribution in [0.3, 0.4) is 0 Å². The molecular weight excluding hydrogens is 268 g/mol. The second-order valence-corrected chi connectivity index (χ2v) is 5.47. The Hall–Kier alpha value is -1.47. The molecule has 1 aromatic rings. The lowest BCUT2D eigenvalue weighted by molar-refractivity contribution is -0.137. The van der Waals surface area contributed by atoms with E-state index in [4.69, 9.17) is 5.11 Å². The molecule has 0 radical (unpaired) electrons.